The molecular weight excluding hydrogens is 516 g/mol. The Kier molecular flexibility index (Phi) is 10.5. The number of benzene rings is 2. The molecule has 1 atom stereocenters. The van der Waals surface area contributed by atoms with Gasteiger partial charge in [0.1, 0.15) is 17.6 Å². The van der Waals surface area contributed by atoms with E-state index in [-0.39, 0.29) is 36.6 Å². The summed E-state index contributed by atoms with van der Waals surface area (Å²) in [6, 6.07) is 17.6. The van der Waals surface area contributed by atoms with Crippen LogP contribution in [0.3, 0.4) is 0 Å². The number of hydrogen-bond acceptors (Lipinski definition) is 5. The summed E-state index contributed by atoms with van der Waals surface area (Å²) in [4.78, 5) is 46.2. The molecule has 8 nitrogen and oxygen atoms in total. The van der Waals surface area contributed by atoms with Gasteiger partial charge in [0.05, 0.1) is 7.11 Å². The second-order valence-corrected chi connectivity index (χ2v) is 10.7. The average Bonchev–Trinajstić information content (AvgIpc) is 2.98. The van der Waals surface area contributed by atoms with Gasteiger partial charge in [-0.15, -0.1) is 0 Å². The van der Waals surface area contributed by atoms with Crippen LogP contribution in [-0.4, -0.2) is 35.9 Å². The van der Waals surface area contributed by atoms with Crippen molar-refractivity contribution in [1.82, 2.24) is 10.3 Å². The molecule has 0 saturated heterocycles. The van der Waals surface area contributed by atoms with Crippen LogP contribution in [0.25, 0.3) is 0 Å². The first kappa shape index (κ1) is 29.8. The number of pyridine rings is 1. The van der Waals surface area contributed by atoms with E-state index in [2.05, 4.69) is 15.6 Å². The van der Waals surface area contributed by atoms with Gasteiger partial charge in [-0.3, -0.25) is 19.3 Å². The Morgan fingerprint density at radius 3 is 2.37 bits per heavy atom. The topological polar surface area (TPSA) is 101 Å². The molecule has 3 aromatic rings. The SMILES string of the molecule is COc1ccc(C(C(=O)NC2CCCCC2)N(C(=O)CCCC(=O)Nc2ccccn2)c2ccc(C)c(C)c2)cc1. The molecule has 1 saturated carbocycles. The highest BCUT2D eigenvalue weighted by molar-refractivity contribution is 6.01. The van der Waals surface area contributed by atoms with Crippen LogP contribution >= 0.6 is 0 Å². The monoisotopic (exact) mass is 556 g/mol. The molecular formula is C33H40N4O4. The molecule has 1 unspecified atom stereocenters. The Balaban J connectivity index is 1.61. The molecule has 41 heavy (non-hydrogen) atoms. The molecule has 216 valence electrons. The number of aryl methyl sites for hydroxylation is 2. The van der Waals surface area contributed by atoms with Crippen molar-refractivity contribution >= 4 is 29.2 Å². The number of nitrogens with one attached hydrogen (secondary N) is 2. The van der Waals surface area contributed by atoms with Gasteiger partial charge in [0.2, 0.25) is 17.7 Å². The summed E-state index contributed by atoms with van der Waals surface area (Å²) in [7, 11) is 1.59. The van der Waals surface area contributed by atoms with E-state index >= 15 is 0 Å². The maximum Gasteiger partial charge on any atom is 0.248 e. The lowest BCUT2D eigenvalue weighted by atomic mass is 9.94. The third kappa shape index (κ3) is 8.16. The van der Waals surface area contributed by atoms with Gasteiger partial charge < -0.3 is 15.4 Å². The van der Waals surface area contributed by atoms with Crippen molar-refractivity contribution in [3.63, 3.8) is 0 Å². The normalized spacial score (nSPS) is 14.1. The highest BCUT2D eigenvalue weighted by Crippen LogP contribution is 2.32. The zero-order valence-corrected chi connectivity index (χ0v) is 24.2. The van der Waals surface area contributed by atoms with Crippen LogP contribution in [0.5, 0.6) is 5.75 Å². The fourth-order valence-corrected chi connectivity index (χ4v) is 5.21. The Morgan fingerprint density at radius 1 is 0.951 bits per heavy atom. The summed E-state index contributed by atoms with van der Waals surface area (Å²) in [5, 5.41) is 6.01. The van der Waals surface area contributed by atoms with E-state index in [4.69, 9.17) is 4.74 Å². The van der Waals surface area contributed by atoms with Crippen molar-refractivity contribution in [3.8, 4) is 5.75 Å². The van der Waals surface area contributed by atoms with E-state index in [9.17, 15) is 14.4 Å². The van der Waals surface area contributed by atoms with Gasteiger partial charge >= 0.3 is 0 Å². The van der Waals surface area contributed by atoms with Crippen LogP contribution in [0.15, 0.2) is 66.9 Å². The second-order valence-electron chi connectivity index (χ2n) is 10.7. The number of ether oxygens (including phenoxy) is 1. The molecule has 1 aromatic heterocycles. The zero-order chi connectivity index (χ0) is 29.2. The van der Waals surface area contributed by atoms with Gasteiger partial charge in [-0.1, -0.05) is 43.5 Å². The fraction of sp³-hybridized carbons (Fsp3) is 0.394. The Bertz CT molecular complexity index is 1320. The number of amides is 3. The maximum absolute atomic E-state index is 14.0. The van der Waals surface area contributed by atoms with Gasteiger partial charge in [0, 0.05) is 30.8 Å². The molecule has 1 heterocycles. The molecule has 1 aliphatic carbocycles. The number of nitrogens with zero attached hydrogens (tertiary/aromatic N) is 2. The van der Waals surface area contributed by atoms with Crippen LogP contribution in [0.2, 0.25) is 0 Å². The molecule has 2 aromatic carbocycles. The van der Waals surface area contributed by atoms with E-state index in [1.807, 2.05) is 44.2 Å². The molecule has 1 aliphatic rings. The first-order chi connectivity index (χ1) is 19.9. The molecule has 4 rings (SSSR count). The van der Waals surface area contributed by atoms with Crippen molar-refractivity contribution in [2.75, 3.05) is 17.3 Å². The Hall–Kier alpha value is -4.20. The lowest BCUT2D eigenvalue weighted by Crippen LogP contribution is -2.47. The molecule has 3 amide bonds. The van der Waals surface area contributed by atoms with Gasteiger partial charge in [0.15, 0.2) is 0 Å². The lowest BCUT2D eigenvalue weighted by molar-refractivity contribution is -0.127. The summed E-state index contributed by atoms with van der Waals surface area (Å²) in [6.07, 6.45) is 7.41. The minimum atomic E-state index is -0.875. The summed E-state index contributed by atoms with van der Waals surface area (Å²) < 4.78 is 5.35. The van der Waals surface area contributed by atoms with E-state index in [0.717, 1.165) is 36.8 Å². The molecule has 1 fully saturated rings. The highest BCUT2D eigenvalue weighted by Gasteiger charge is 2.34. The minimum Gasteiger partial charge on any atom is -0.497 e. The number of carbonyl (C=O) groups excluding carboxylic acids is 3. The first-order valence-corrected chi connectivity index (χ1v) is 14.4. The molecule has 0 radical (unpaired) electrons. The molecule has 8 heteroatoms. The number of carbonyl (C=O) groups is 3. The quantitative estimate of drug-likeness (QED) is 0.300. The van der Waals surface area contributed by atoms with Crippen molar-refractivity contribution in [1.29, 1.82) is 0 Å². The van der Waals surface area contributed by atoms with Crippen molar-refractivity contribution in [2.45, 2.75) is 77.3 Å². The number of anilines is 2. The van der Waals surface area contributed by atoms with Crippen LogP contribution in [-0.2, 0) is 14.4 Å². The van der Waals surface area contributed by atoms with Gasteiger partial charge in [-0.2, -0.15) is 0 Å². The van der Waals surface area contributed by atoms with Crippen LogP contribution in [0.1, 0.15) is 74.1 Å². The van der Waals surface area contributed by atoms with Crippen LogP contribution in [0, 0.1) is 13.8 Å². The van der Waals surface area contributed by atoms with Crippen molar-refractivity contribution in [3.05, 3.63) is 83.6 Å². The van der Waals surface area contributed by atoms with E-state index in [0.29, 0.717) is 29.2 Å². The van der Waals surface area contributed by atoms with Crippen molar-refractivity contribution in [2.24, 2.45) is 0 Å². The van der Waals surface area contributed by atoms with E-state index in [1.165, 1.54) is 6.42 Å². The smallest absolute Gasteiger partial charge is 0.248 e. The van der Waals surface area contributed by atoms with Gasteiger partial charge in [0.25, 0.3) is 0 Å². The first-order valence-electron chi connectivity index (χ1n) is 14.4. The zero-order valence-electron chi connectivity index (χ0n) is 24.2. The van der Waals surface area contributed by atoms with Crippen LogP contribution in [0.4, 0.5) is 11.5 Å². The maximum atomic E-state index is 14.0. The number of methoxy groups -OCH3 is 1. The number of hydrogen-bond donors (Lipinski definition) is 2. The fourth-order valence-electron chi connectivity index (χ4n) is 5.21. The number of rotatable bonds is 11. The van der Waals surface area contributed by atoms with Gasteiger partial charge in [-0.05, 0) is 86.2 Å². The number of aromatic nitrogens is 1. The largest absolute Gasteiger partial charge is 0.497 e. The van der Waals surface area contributed by atoms with Crippen molar-refractivity contribution < 1.29 is 19.1 Å². The van der Waals surface area contributed by atoms with Crippen LogP contribution < -0.4 is 20.3 Å². The Morgan fingerprint density at radius 2 is 1.71 bits per heavy atom. The summed E-state index contributed by atoms with van der Waals surface area (Å²) in [5.74, 6) is 0.499. The van der Waals surface area contributed by atoms with E-state index < -0.39 is 6.04 Å². The molecule has 0 aliphatic heterocycles. The highest BCUT2D eigenvalue weighted by atomic mass is 16.5. The predicted molar refractivity (Wildman–Crippen MR) is 161 cm³/mol. The van der Waals surface area contributed by atoms with E-state index in [1.54, 1.807) is 48.5 Å². The minimum absolute atomic E-state index is 0.0870. The molecule has 0 bridgehead atoms. The lowest BCUT2D eigenvalue weighted by Gasteiger charge is -2.34. The molecule has 2 N–H and O–H groups in total. The third-order valence-electron chi connectivity index (χ3n) is 7.65. The predicted octanol–water partition coefficient (Wildman–Crippen LogP) is 6.04. The Labute approximate surface area is 242 Å². The van der Waals surface area contributed by atoms with Gasteiger partial charge in [-0.25, -0.2) is 4.98 Å². The standard InChI is InChI=1S/C33H40N4O4/c1-23-15-18-27(22-24(23)2)37(31(39)14-9-13-30(38)36-29-12-7-8-21-34-29)32(25-16-19-28(41-3)20-17-25)33(40)35-26-10-5-4-6-11-26/h7-8,12,15-22,26,32H,4-6,9-11,13-14H2,1-3H3,(H,35,40)(H,34,36,38). The summed E-state index contributed by atoms with van der Waals surface area (Å²) >= 11 is 0. The average molecular weight is 557 g/mol. The second kappa shape index (κ2) is 14.4. The summed E-state index contributed by atoms with van der Waals surface area (Å²) in [5.41, 5.74) is 3.46. The molecule has 0 spiro atoms. The summed E-state index contributed by atoms with van der Waals surface area (Å²) in [6.45, 7) is 4.01. The third-order valence-corrected chi connectivity index (χ3v) is 7.65.